The smallest absolute Gasteiger partial charge is 0.241 e. The molecule has 0 aliphatic carbocycles. The van der Waals surface area contributed by atoms with E-state index in [2.05, 4.69) is 0 Å². The first kappa shape index (κ1) is 9.17. The summed E-state index contributed by atoms with van der Waals surface area (Å²) in [5, 5.41) is 0. The Kier molecular flexibility index (Phi) is 5.77. The Labute approximate surface area is 60.9 Å². The molecule has 0 heterocycles. The van der Waals surface area contributed by atoms with Crippen molar-refractivity contribution in [2.24, 2.45) is 5.73 Å². The molecule has 0 saturated heterocycles. The molecule has 0 aliphatic heterocycles. The third-order valence-electron chi connectivity index (χ3n) is 0.845. The molecule has 0 rings (SSSR count). The van der Waals surface area contributed by atoms with Crippen LogP contribution in [-0.4, -0.2) is 19.1 Å². The van der Waals surface area contributed by atoms with Crippen molar-refractivity contribution >= 4 is 5.91 Å². The Morgan fingerprint density at radius 3 is 2.90 bits per heavy atom. The lowest BCUT2D eigenvalue weighted by Crippen LogP contribution is -2.06. The quantitative estimate of drug-likeness (QED) is 0.449. The number of primary amides is 1. The highest BCUT2D eigenvalue weighted by Gasteiger charge is 1.82. The van der Waals surface area contributed by atoms with E-state index >= 15 is 0 Å². The second-order valence-corrected chi connectivity index (χ2v) is 1.88. The third kappa shape index (κ3) is 7.17. The van der Waals surface area contributed by atoms with Crippen molar-refractivity contribution in [3.63, 3.8) is 0 Å². The molecule has 0 aromatic rings. The summed E-state index contributed by atoms with van der Waals surface area (Å²) in [6.07, 6.45) is 3.90. The van der Waals surface area contributed by atoms with E-state index in [0.717, 1.165) is 13.0 Å². The van der Waals surface area contributed by atoms with Gasteiger partial charge in [-0.1, -0.05) is 13.0 Å². The summed E-state index contributed by atoms with van der Waals surface area (Å²) in [6, 6.07) is 0. The molecule has 1 amide bonds. The number of carbonyl (C=O) groups is 1. The molecule has 0 radical (unpaired) electrons. The summed E-state index contributed by atoms with van der Waals surface area (Å²) >= 11 is 0. The molecule has 58 valence electrons. The van der Waals surface area contributed by atoms with E-state index in [9.17, 15) is 4.79 Å². The van der Waals surface area contributed by atoms with E-state index in [1.165, 1.54) is 6.08 Å². The van der Waals surface area contributed by atoms with Gasteiger partial charge in [0.05, 0.1) is 6.61 Å². The molecule has 0 aliphatic rings. The van der Waals surface area contributed by atoms with Crippen molar-refractivity contribution in [3.05, 3.63) is 12.2 Å². The Balaban J connectivity index is 3.10. The second kappa shape index (κ2) is 6.29. The molecule has 0 unspecified atom stereocenters. The number of amides is 1. The van der Waals surface area contributed by atoms with Gasteiger partial charge < -0.3 is 10.5 Å². The van der Waals surface area contributed by atoms with Crippen LogP contribution in [-0.2, 0) is 9.53 Å². The van der Waals surface area contributed by atoms with E-state index in [1.54, 1.807) is 6.08 Å². The molecule has 0 spiro atoms. The van der Waals surface area contributed by atoms with Crippen LogP contribution in [0, 0.1) is 0 Å². The van der Waals surface area contributed by atoms with Crippen LogP contribution in [0.15, 0.2) is 12.2 Å². The number of nitrogens with two attached hydrogens (primary N) is 1. The van der Waals surface area contributed by atoms with Gasteiger partial charge in [-0.15, -0.1) is 0 Å². The minimum absolute atomic E-state index is 0.430. The van der Waals surface area contributed by atoms with Crippen molar-refractivity contribution in [1.29, 1.82) is 0 Å². The van der Waals surface area contributed by atoms with Crippen molar-refractivity contribution < 1.29 is 9.53 Å². The average molecular weight is 143 g/mol. The highest BCUT2D eigenvalue weighted by Crippen LogP contribution is 1.80. The number of carbonyl (C=O) groups excluding carboxylic acids is 1. The molecule has 0 aromatic carbocycles. The largest absolute Gasteiger partial charge is 0.377 e. The number of hydrogen-bond acceptors (Lipinski definition) is 2. The zero-order valence-electron chi connectivity index (χ0n) is 6.17. The van der Waals surface area contributed by atoms with Crippen LogP contribution in [0.4, 0.5) is 0 Å². The lowest BCUT2D eigenvalue weighted by molar-refractivity contribution is -0.113. The third-order valence-corrected chi connectivity index (χ3v) is 0.845. The van der Waals surface area contributed by atoms with Gasteiger partial charge in [0, 0.05) is 12.7 Å². The second-order valence-electron chi connectivity index (χ2n) is 1.88. The number of hydrogen-bond donors (Lipinski definition) is 1. The first-order valence-corrected chi connectivity index (χ1v) is 3.31. The Bertz CT molecular complexity index is 121. The highest BCUT2D eigenvalue weighted by molar-refractivity contribution is 5.85. The maximum atomic E-state index is 10.1. The summed E-state index contributed by atoms with van der Waals surface area (Å²) in [4.78, 5) is 10.1. The lowest BCUT2D eigenvalue weighted by Gasteiger charge is -1.94. The van der Waals surface area contributed by atoms with Gasteiger partial charge in [-0.2, -0.15) is 0 Å². The maximum absolute atomic E-state index is 10.1. The highest BCUT2D eigenvalue weighted by atomic mass is 16.5. The van der Waals surface area contributed by atoms with Gasteiger partial charge in [0.2, 0.25) is 5.91 Å². The fourth-order valence-electron chi connectivity index (χ4n) is 0.460. The first-order valence-electron chi connectivity index (χ1n) is 3.31. The molecule has 0 bridgehead atoms. The predicted octanol–water partition coefficient (Wildman–Crippen LogP) is 0.455. The van der Waals surface area contributed by atoms with Gasteiger partial charge in [0.25, 0.3) is 0 Å². The number of rotatable bonds is 5. The Morgan fingerprint density at radius 1 is 1.70 bits per heavy atom. The molecule has 10 heavy (non-hydrogen) atoms. The summed E-state index contributed by atoms with van der Waals surface area (Å²) in [5.41, 5.74) is 4.83. The molecule has 0 fully saturated rings. The van der Waals surface area contributed by atoms with Crippen LogP contribution < -0.4 is 5.73 Å². The summed E-state index contributed by atoms with van der Waals surface area (Å²) in [6.45, 7) is 3.22. The van der Waals surface area contributed by atoms with Gasteiger partial charge in [0.1, 0.15) is 0 Å². The molecular formula is C7H13NO2. The standard InChI is InChI=1S/C7H13NO2/c1-2-5-10-6-3-4-7(8)9/h3-4H,2,5-6H2,1H3,(H2,8,9)/b4-3+. The van der Waals surface area contributed by atoms with Crippen molar-refractivity contribution in [1.82, 2.24) is 0 Å². The predicted molar refractivity (Wildman–Crippen MR) is 39.4 cm³/mol. The molecule has 0 atom stereocenters. The Morgan fingerprint density at radius 2 is 2.40 bits per heavy atom. The van der Waals surface area contributed by atoms with Crippen LogP contribution in [0.3, 0.4) is 0 Å². The molecule has 3 nitrogen and oxygen atoms in total. The normalized spacial score (nSPS) is 10.5. The fourth-order valence-corrected chi connectivity index (χ4v) is 0.460. The van der Waals surface area contributed by atoms with Crippen molar-refractivity contribution in [3.8, 4) is 0 Å². The zero-order valence-corrected chi connectivity index (χ0v) is 6.17. The van der Waals surface area contributed by atoms with Crippen molar-refractivity contribution in [2.75, 3.05) is 13.2 Å². The maximum Gasteiger partial charge on any atom is 0.241 e. The van der Waals surface area contributed by atoms with Gasteiger partial charge in [-0.05, 0) is 6.42 Å². The lowest BCUT2D eigenvalue weighted by atomic mass is 10.5. The average Bonchev–Trinajstić information content (AvgIpc) is 1.87. The molecule has 0 saturated carbocycles. The van der Waals surface area contributed by atoms with Crippen LogP contribution in [0.25, 0.3) is 0 Å². The minimum Gasteiger partial charge on any atom is -0.377 e. The van der Waals surface area contributed by atoms with E-state index in [-0.39, 0.29) is 0 Å². The number of ether oxygens (including phenoxy) is 1. The van der Waals surface area contributed by atoms with Gasteiger partial charge in [0.15, 0.2) is 0 Å². The summed E-state index contributed by atoms with van der Waals surface area (Å²) in [5.74, 6) is -0.430. The van der Waals surface area contributed by atoms with Crippen LogP contribution in [0.1, 0.15) is 13.3 Å². The molecule has 0 aromatic heterocycles. The monoisotopic (exact) mass is 143 g/mol. The van der Waals surface area contributed by atoms with Crippen LogP contribution in [0.5, 0.6) is 0 Å². The zero-order chi connectivity index (χ0) is 7.82. The van der Waals surface area contributed by atoms with Gasteiger partial charge in [-0.25, -0.2) is 0 Å². The molecular weight excluding hydrogens is 130 g/mol. The van der Waals surface area contributed by atoms with Gasteiger partial charge >= 0.3 is 0 Å². The van der Waals surface area contributed by atoms with E-state index in [0.29, 0.717) is 6.61 Å². The molecule has 2 N–H and O–H groups in total. The summed E-state index contributed by atoms with van der Waals surface area (Å²) in [7, 11) is 0. The van der Waals surface area contributed by atoms with Crippen molar-refractivity contribution in [2.45, 2.75) is 13.3 Å². The first-order chi connectivity index (χ1) is 4.77. The van der Waals surface area contributed by atoms with Crippen LogP contribution >= 0.6 is 0 Å². The topological polar surface area (TPSA) is 52.3 Å². The van der Waals surface area contributed by atoms with E-state index in [1.807, 2.05) is 6.92 Å². The summed E-state index contributed by atoms with van der Waals surface area (Å²) < 4.78 is 5.04. The fraction of sp³-hybridized carbons (Fsp3) is 0.571. The minimum atomic E-state index is -0.430. The SMILES string of the molecule is CCCOC/C=C/C(N)=O. The van der Waals surface area contributed by atoms with E-state index in [4.69, 9.17) is 10.5 Å². The van der Waals surface area contributed by atoms with E-state index < -0.39 is 5.91 Å². The van der Waals surface area contributed by atoms with Crippen LogP contribution in [0.2, 0.25) is 0 Å². The Hall–Kier alpha value is -0.830. The molecule has 3 heteroatoms. The van der Waals surface area contributed by atoms with Gasteiger partial charge in [-0.3, -0.25) is 4.79 Å².